The van der Waals surface area contributed by atoms with E-state index in [1.165, 1.54) is 7.11 Å². The SMILES string of the molecule is COC(=O)C(c1ccc[nH]1)N1CCNCC1. The van der Waals surface area contributed by atoms with Crippen LogP contribution in [-0.2, 0) is 9.53 Å². The highest BCUT2D eigenvalue weighted by Crippen LogP contribution is 2.20. The number of hydrogen-bond donors (Lipinski definition) is 2. The Hall–Kier alpha value is -1.33. The van der Waals surface area contributed by atoms with E-state index in [1.54, 1.807) is 0 Å². The summed E-state index contributed by atoms with van der Waals surface area (Å²) in [5.41, 5.74) is 0.897. The number of nitrogens with zero attached hydrogens (tertiary/aromatic N) is 1. The van der Waals surface area contributed by atoms with Gasteiger partial charge in [-0.05, 0) is 12.1 Å². The first-order valence-electron chi connectivity index (χ1n) is 5.49. The van der Waals surface area contributed by atoms with Crippen LogP contribution in [0.1, 0.15) is 11.7 Å². The Morgan fingerprint density at radius 1 is 1.50 bits per heavy atom. The average molecular weight is 223 g/mol. The second-order valence-electron chi connectivity index (χ2n) is 3.84. The fourth-order valence-electron chi connectivity index (χ4n) is 2.04. The maximum atomic E-state index is 11.8. The Morgan fingerprint density at radius 2 is 2.25 bits per heavy atom. The highest BCUT2D eigenvalue weighted by molar-refractivity contribution is 5.77. The van der Waals surface area contributed by atoms with Gasteiger partial charge < -0.3 is 15.0 Å². The van der Waals surface area contributed by atoms with Crippen LogP contribution in [0, 0.1) is 0 Å². The zero-order chi connectivity index (χ0) is 11.4. The quantitative estimate of drug-likeness (QED) is 0.715. The molecule has 1 aromatic heterocycles. The molecule has 0 bridgehead atoms. The summed E-state index contributed by atoms with van der Waals surface area (Å²) >= 11 is 0. The molecule has 0 aliphatic carbocycles. The highest BCUT2D eigenvalue weighted by Gasteiger charge is 2.29. The van der Waals surface area contributed by atoms with E-state index in [-0.39, 0.29) is 12.0 Å². The van der Waals surface area contributed by atoms with Crippen molar-refractivity contribution in [2.45, 2.75) is 6.04 Å². The molecule has 1 aromatic rings. The number of H-pyrrole nitrogens is 1. The standard InChI is InChI=1S/C11H17N3O2/c1-16-11(15)10(9-3-2-4-13-9)14-7-5-12-6-8-14/h2-4,10,12-13H,5-8H2,1H3. The van der Waals surface area contributed by atoms with E-state index >= 15 is 0 Å². The second kappa shape index (κ2) is 5.14. The van der Waals surface area contributed by atoms with Crippen molar-refractivity contribution >= 4 is 5.97 Å². The minimum atomic E-state index is -0.304. The van der Waals surface area contributed by atoms with Crippen LogP contribution in [0.15, 0.2) is 18.3 Å². The van der Waals surface area contributed by atoms with Gasteiger partial charge in [0.2, 0.25) is 0 Å². The number of esters is 1. The number of piperazine rings is 1. The summed E-state index contributed by atoms with van der Waals surface area (Å²) in [6.07, 6.45) is 1.83. The van der Waals surface area contributed by atoms with Crippen molar-refractivity contribution in [2.75, 3.05) is 33.3 Å². The van der Waals surface area contributed by atoms with Gasteiger partial charge in [0.1, 0.15) is 6.04 Å². The van der Waals surface area contributed by atoms with E-state index in [0.29, 0.717) is 0 Å². The van der Waals surface area contributed by atoms with Gasteiger partial charge in [-0.1, -0.05) is 0 Å². The molecule has 1 aliphatic rings. The number of aromatic amines is 1. The number of nitrogens with one attached hydrogen (secondary N) is 2. The third-order valence-electron chi connectivity index (χ3n) is 2.86. The Balaban J connectivity index is 2.17. The monoisotopic (exact) mass is 223 g/mol. The summed E-state index contributed by atoms with van der Waals surface area (Å²) in [5.74, 6) is -0.204. The van der Waals surface area contributed by atoms with Gasteiger partial charge in [-0.2, -0.15) is 0 Å². The van der Waals surface area contributed by atoms with Gasteiger partial charge in [0.05, 0.1) is 7.11 Å². The molecule has 0 saturated carbocycles. The van der Waals surface area contributed by atoms with Crippen LogP contribution in [0.5, 0.6) is 0 Å². The van der Waals surface area contributed by atoms with Crippen molar-refractivity contribution in [1.29, 1.82) is 0 Å². The molecule has 2 heterocycles. The Kier molecular flexibility index (Phi) is 3.58. The number of hydrogen-bond acceptors (Lipinski definition) is 4. The number of carbonyl (C=O) groups is 1. The summed E-state index contributed by atoms with van der Waals surface area (Å²) in [7, 11) is 1.43. The number of carbonyl (C=O) groups excluding carboxylic acids is 1. The van der Waals surface area contributed by atoms with Crippen LogP contribution >= 0.6 is 0 Å². The summed E-state index contributed by atoms with van der Waals surface area (Å²) in [5, 5.41) is 3.27. The highest BCUT2D eigenvalue weighted by atomic mass is 16.5. The molecule has 16 heavy (non-hydrogen) atoms. The van der Waals surface area contributed by atoms with Crippen LogP contribution in [0.25, 0.3) is 0 Å². The number of aromatic nitrogens is 1. The van der Waals surface area contributed by atoms with E-state index in [2.05, 4.69) is 15.2 Å². The van der Waals surface area contributed by atoms with Gasteiger partial charge in [0.15, 0.2) is 0 Å². The molecule has 1 fully saturated rings. The van der Waals surface area contributed by atoms with E-state index in [9.17, 15) is 4.79 Å². The molecule has 0 spiro atoms. The molecule has 2 N–H and O–H groups in total. The minimum absolute atomic E-state index is 0.204. The van der Waals surface area contributed by atoms with Crippen LogP contribution in [0.2, 0.25) is 0 Å². The van der Waals surface area contributed by atoms with Gasteiger partial charge >= 0.3 is 5.97 Å². The van der Waals surface area contributed by atoms with E-state index in [0.717, 1.165) is 31.9 Å². The fourth-order valence-corrected chi connectivity index (χ4v) is 2.04. The van der Waals surface area contributed by atoms with Gasteiger partial charge in [0, 0.05) is 38.1 Å². The molecule has 1 unspecified atom stereocenters. The smallest absolute Gasteiger partial charge is 0.329 e. The van der Waals surface area contributed by atoms with Crippen LogP contribution in [-0.4, -0.2) is 49.1 Å². The minimum Gasteiger partial charge on any atom is -0.468 e. The maximum Gasteiger partial charge on any atom is 0.329 e. The number of methoxy groups -OCH3 is 1. The zero-order valence-corrected chi connectivity index (χ0v) is 9.40. The van der Waals surface area contributed by atoms with E-state index < -0.39 is 0 Å². The lowest BCUT2D eigenvalue weighted by atomic mass is 10.1. The van der Waals surface area contributed by atoms with Crippen molar-refractivity contribution in [1.82, 2.24) is 15.2 Å². The summed E-state index contributed by atoms with van der Waals surface area (Å²) in [6.45, 7) is 3.54. The second-order valence-corrected chi connectivity index (χ2v) is 3.84. The first-order valence-corrected chi connectivity index (χ1v) is 5.49. The molecule has 1 atom stereocenters. The Bertz CT molecular complexity index is 331. The van der Waals surface area contributed by atoms with E-state index in [4.69, 9.17) is 4.74 Å². The lowest BCUT2D eigenvalue weighted by molar-refractivity contribution is -0.147. The Morgan fingerprint density at radius 3 is 2.81 bits per heavy atom. The van der Waals surface area contributed by atoms with Crippen molar-refractivity contribution in [3.63, 3.8) is 0 Å². The molecule has 5 nitrogen and oxygen atoms in total. The maximum absolute atomic E-state index is 11.8. The van der Waals surface area contributed by atoms with Gasteiger partial charge in [-0.15, -0.1) is 0 Å². The van der Waals surface area contributed by atoms with Crippen molar-refractivity contribution in [2.24, 2.45) is 0 Å². The van der Waals surface area contributed by atoms with Crippen LogP contribution in [0.4, 0.5) is 0 Å². The van der Waals surface area contributed by atoms with Crippen LogP contribution < -0.4 is 5.32 Å². The van der Waals surface area contributed by atoms with Crippen molar-refractivity contribution in [3.8, 4) is 0 Å². The molecule has 5 heteroatoms. The molecular formula is C11H17N3O2. The van der Waals surface area contributed by atoms with Crippen LogP contribution in [0.3, 0.4) is 0 Å². The Labute approximate surface area is 94.8 Å². The van der Waals surface area contributed by atoms with Gasteiger partial charge in [-0.3, -0.25) is 4.90 Å². The van der Waals surface area contributed by atoms with E-state index in [1.807, 2.05) is 18.3 Å². The first kappa shape index (κ1) is 11.2. The molecule has 1 saturated heterocycles. The molecule has 1 aliphatic heterocycles. The summed E-state index contributed by atoms with van der Waals surface area (Å²) < 4.78 is 4.87. The topological polar surface area (TPSA) is 57.4 Å². The number of ether oxygens (including phenoxy) is 1. The number of rotatable bonds is 3. The first-order chi connectivity index (χ1) is 7.83. The lowest BCUT2D eigenvalue weighted by Crippen LogP contribution is -2.47. The summed E-state index contributed by atoms with van der Waals surface area (Å²) in [4.78, 5) is 17.0. The molecule has 88 valence electrons. The van der Waals surface area contributed by atoms with Gasteiger partial charge in [0.25, 0.3) is 0 Å². The fraction of sp³-hybridized carbons (Fsp3) is 0.545. The van der Waals surface area contributed by atoms with Crippen molar-refractivity contribution in [3.05, 3.63) is 24.0 Å². The normalized spacial score (nSPS) is 19.3. The molecule has 0 radical (unpaired) electrons. The van der Waals surface area contributed by atoms with Gasteiger partial charge in [-0.25, -0.2) is 4.79 Å². The molecule has 0 amide bonds. The van der Waals surface area contributed by atoms with Crippen molar-refractivity contribution < 1.29 is 9.53 Å². The zero-order valence-electron chi connectivity index (χ0n) is 9.40. The summed E-state index contributed by atoms with van der Waals surface area (Å²) in [6, 6.07) is 3.51. The third kappa shape index (κ3) is 2.25. The molecule has 0 aromatic carbocycles. The molecular weight excluding hydrogens is 206 g/mol. The largest absolute Gasteiger partial charge is 0.468 e. The average Bonchev–Trinajstić information content (AvgIpc) is 2.84. The predicted molar refractivity (Wildman–Crippen MR) is 60.0 cm³/mol. The lowest BCUT2D eigenvalue weighted by Gasteiger charge is -2.32. The predicted octanol–water partition coefficient (Wildman–Crippen LogP) is 0.134. The molecule has 2 rings (SSSR count). The third-order valence-corrected chi connectivity index (χ3v) is 2.86.